The van der Waals surface area contributed by atoms with Crippen LogP contribution in [0.1, 0.15) is 15.9 Å². The Morgan fingerprint density at radius 1 is 0.844 bits per heavy atom. The normalized spacial score (nSPS) is 14.0. The van der Waals surface area contributed by atoms with Gasteiger partial charge in [0.25, 0.3) is 11.8 Å². The highest BCUT2D eigenvalue weighted by atomic mass is 16.5. The molecule has 1 N–H and O–H groups in total. The predicted octanol–water partition coefficient (Wildman–Crippen LogP) is 4.11. The zero-order valence-electron chi connectivity index (χ0n) is 17.6. The fourth-order valence-corrected chi connectivity index (χ4v) is 3.33. The average molecular weight is 428 g/mol. The van der Waals surface area contributed by atoms with Crippen LogP contribution in [0.4, 0.5) is 0 Å². The van der Waals surface area contributed by atoms with Crippen molar-refractivity contribution >= 4 is 17.9 Å². The SMILES string of the molecule is O=C(N/C(=C\c1cccc(Oc2ccccc2)c1)C(=O)N1CCOCC1)c1ccccc1. The summed E-state index contributed by atoms with van der Waals surface area (Å²) < 4.78 is 11.3. The summed E-state index contributed by atoms with van der Waals surface area (Å²) in [5.41, 5.74) is 1.43. The van der Waals surface area contributed by atoms with E-state index < -0.39 is 0 Å². The first kappa shape index (κ1) is 21.3. The van der Waals surface area contributed by atoms with E-state index >= 15 is 0 Å². The third kappa shape index (κ3) is 5.62. The molecule has 6 heteroatoms. The Labute approximate surface area is 187 Å². The molecule has 32 heavy (non-hydrogen) atoms. The maximum Gasteiger partial charge on any atom is 0.270 e. The van der Waals surface area contributed by atoms with Crippen LogP contribution in [0.25, 0.3) is 6.08 Å². The van der Waals surface area contributed by atoms with Crippen molar-refractivity contribution in [1.29, 1.82) is 0 Å². The molecule has 0 atom stereocenters. The van der Waals surface area contributed by atoms with Gasteiger partial charge in [-0.05, 0) is 48.0 Å². The number of hydrogen-bond acceptors (Lipinski definition) is 4. The van der Waals surface area contributed by atoms with Crippen molar-refractivity contribution in [2.75, 3.05) is 26.3 Å². The first-order valence-electron chi connectivity index (χ1n) is 10.5. The number of hydrogen-bond donors (Lipinski definition) is 1. The Bertz CT molecular complexity index is 1090. The van der Waals surface area contributed by atoms with E-state index in [0.717, 1.165) is 11.3 Å². The van der Waals surface area contributed by atoms with Gasteiger partial charge >= 0.3 is 0 Å². The van der Waals surface area contributed by atoms with Crippen LogP contribution >= 0.6 is 0 Å². The zero-order valence-corrected chi connectivity index (χ0v) is 17.6. The smallest absolute Gasteiger partial charge is 0.270 e. The molecule has 0 spiro atoms. The van der Waals surface area contributed by atoms with Gasteiger partial charge in [0.05, 0.1) is 13.2 Å². The van der Waals surface area contributed by atoms with Crippen molar-refractivity contribution in [2.24, 2.45) is 0 Å². The van der Waals surface area contributed by atoms with Gasteiger partial charge in [0, 0.05) is 18.7 Å². The number of nitrogens with zero attached hydrogens (tertiary/aromatic N) is 1. The Kier molecular flexibility index (Phi) is 6.94. The predicted molar refractivity (Wildman–Crippen MR) is 122 cm³/mol. The molecule has 2 amide bonds. The highest BCUT2D eigenvalue weighted by Gasteiger charge is 2.22. The van der Waals surface area contributed by atoms with E-state index in [1.807, 2.05) is 60.7 Å². The minimum Gasteiger partial charge on any atom is -0.457 e. The second-order valence-electron chi connectivity index (χ2n) is 7.27. The molecule has 6 nitrogen and oxygen atoms in total. The van der Waals surface area contributed by atoms with Gasteiger partial charge < -0.3 is 19.7 Å². The van der Waals surface area contributed by atoms with Gasteiger partial charge in [-0.25, -0.2) is 0 Å². The lowest BCUT2D eigenvalue weighted by molar-refractivity contribution is -0.131. The lowest BCUT2D eigenvalue weighted by Gasteiger charge is -2.27. The molecule has 1 fully saturated rings. The molecule has 0 aromatic heterocycles. The average Bonchev–Trinajstić information content (AvgIpc) is 2.85. The lowest BCUT2D eigenvalue weighted by atomic mass is 10.1. The molecule has 4 rings (SSSR count). The van der Waals surface area contributed by atoms with Crippen molar-refractivity contribution < 1.29 is 19.1 Å². The maximum absolute atomic E-state index is 13.2. The van der Waals surface area contributed by atoms with E-state index in [1.54, 1.807) is 35.2 Å². The number of rotatable bonds is 6. The van der Waals surface area contributed by atoms with Crippen LogP contribution in [-0.4, -0.2) is 43.0 Å². The molecule has 3 aromatic rings. The minimum absolute atomic E-state index is 0.206. The van der Waals surface area contributed by atoms with Crippen molar-refractivity contribution in [3.05, 3.63) is 102 Å². The van der Waals surface area contributed by atoms with Gasteiger partial charge in [0.1, 0.15) is 17.2 Å². The number of amides is 2. The Morgan fingerprint density at radius 2 is 1.50 bits per heavy atom. The number of benzene rings is 3. The van der Waals surface area contributed by atoms with E-state index in [-0.39, 0.29) is 17.5 Å². The highest BCUT2D eigenvalue weighted by Crippen LogP contribution is 2.23. The van der Waals surface area contributed by atoms with Crippen LogP contribution in [0.3, 0.4) is 0 Å². The van der Waals surface area contributed by atoms with Crippen molar-refractivity contribution in [3.63, 3.8) is 0 Å². The summed E-state index contributed by atoms with van der Waals surface area (Å²) in [5, 5.41) is 2.80. The third-order valence-electron chi connectivity index (χ3n) is 4.96. The van der Waals surface area contributed by atoms with Gasteiger partial charge in [-0.3, -0.25) is 9.59 Å². The first-order valence-corrected chi connectivity index (χ1v) is 10.5. The van der Waals surface area contributed by atoms with Crippen LogP contribution in [0.2, 0.25) is 0 Å². The molecule has 1 aliphatic rings. The van der Waals surface area contributed by atoms with Crippen molar-refractivity contribution in [3.8, 4) is 11.5 Å². The Hall–Kier alpha value is -3.90. The minimum atomic E-state index is -0.338. The summed E-state index contributed by atoms with van der Waals surface area (Å²) in [5.74, 6) is 0.773. The van der Waals surface area contributed by atoms with E-state index in [4.69, 9.17) is 9.47 Å². The molecule has 0 radical (unpaired) electrons. The maximum atomic E-state index is 13.2. The highest BCUT2D eigenvalue weighted by molar-refractivity contribution is 6.05. The zero-order chi connectivity index (χ0) is 22.2. The third-order valence-corrected chi connectivity index (χ3v) is 4.96. The van der Waals surface area contributed by atoms with E-state index in [0.29, 0.717) is 37.6 Å². The second kappa shape index (κ2) is 10.4. The van der Waals surface area contributed by atoms with Gasteiger partial charge in [0.2, 0.25) is 0 Å². The van der Waals surface area contributed by atoms with Gasteiger partial charge in [0.15, 0.2) is 0 Å². The summed E-state index contributed by atoms with van der Waals surface area (Å²) in [6.45, 7) is 1.92. The van der Waals surface area contributed by atoms with Crippen LogP contribution in [0.15, 0.2) is 90.6 Å². The number of nitrogens with one attached hydrogen (secondary N) is 1. The molecule has 0 bridgehead atoms. The first-order chi connectivity index (χ1) is 15.7. The number of para-hydroxylation sites is 1. The number of carbonyl (C=O) groups excluding carboxylic acids is 2. The van der Waals surface area contributed by atoms with Crippen LogP contribution in [0, 0.1) is 0 Å². The summed E-state index contributed by atoms with van der Waals surface area (Å²) in [6.07, 6.45) is 1.68. The molecular weight excluding hydrogens is 404 g/mol. The van der Waals surface area contributed by atoms with Gasteiger partial charge in [-0.2, -0.15) is 0 Å². The fourth-order valence-electron chi connectivity index (χ4n) is 3.33. The molecule has 0 aliphatic carbocycles. The van der Waals surface area contributed by atoms with Crippen LogP contribution in [-0.2, 0) is 9.53 Å². The van der Waals surface area contributed by atoms with Crippen molar-refractivity contribution in [1.82, 2.24) is 10.2 Å². The Balaban J connectivity index is 1.60. The van der Waals surface area contributed by atoms with E-state index in [1.165, 1.54) is 0 Å². The molecule has 162 valence electrons. The lowest BCUT2D eigenvalue weighted by Crippen LogP contribution is -2.44. The molecule has 3 aromatic carbocycles. The number of morpholine rings is 1. The second-order valence-corrected chi connectivity index (χ2v) is 7.27. The molecule has 1 heterocycles. The summed E-state index contributed by atoms with van der Waals surface area (Å²) in [4.78, 5) is 27.7. The standard InChI is InChI=1S/C26H24N2O4/c29-25(21-9-3-1-4-10-21)27-24(26(30)28-14-16-31-17-15-28)19-20-8-7-13-23(18-20)32-22-11-5-2-6-12-22/h1-13,18-19H,14-17H2,(H,27,29)/b24-19-. The van der Waals surface area contributed by atoms with Gasteiger partial charge in [-0.1, -0.05) is 48.5 Å². The van der Waals surface area contributed by atoms with Crippen LogP contribution in [0.5, 0.6) is 11.5 Å². The van der Waals surface area contributed by atoms with Crippen LogP contribution < -0.4 is 10.1 Å². The summed E-state index contributed by atoms with van der Waals surface area (Å²) >= 11 is 0. The molecule has 0 unspecified atom stereocenters. The molecule has 0 saturated carbocycles. The quantitative estimate of drug-likeness (QED) is 0.600. The van der Waals surface area contributed by atoms with E-state index in [9.17, 15) is 9.59 Å². The number of ether oxygens (including phenoxy) is 2. The number of carbonyl (C=O) groups is 2. The Morgan fingerprint density at radius 3 is 2.22 bits per heavy atom. The fraction of sp³-hybridized carbons (Fsp3) is 0.154. The topological polar surface area (TPSA) is 67.9 Å². The summed E-state index contributed by atoms with van der Waals surface area (Å²) in [7, 11) is 0. The molecule has 1 saturated heterocycles. The molecular formula is C26H24N2O4. The van der Waals surface area contributed by atoms with E-state index in [2.05, 4.69) is 5.32 Å². The molecule has 1 aliphatic heterocycles. The van der Waals surface area contributed by atoms with Crippen molar-refractivity contribution in [2.45, 2.75) is 0 Å². The summed E-state index contributed by atoms with van der Waals surface area (Å²) in [6, 6.07) is 25.7. The monoisotopic (exact) mass is 428 g/mol. The largest absolute Gasteiger partial charge is 0.457 e. The van der Waals surface area contributed by atoms with Gasteiger partial charge in [-0.15, -0.1) is 0 Å².